The summed E-state index contributed by atoms with van der Waals surface area (Å²) in [5.74, 6) is 1.57. The topological polar surface area (TPSA) is 47.9 Å². The van der Waals surface area contributed by atoms with Gasteiger partial charge in [0.1, 0.15) is 0 Å². The van der Waals surface area contributed by atoms with Gasteiger partial charge in [0.2, 0.25) is 0 Å². The second kappa shape index (κ2) is 6.95. The zero-order chi connectivity index (χ0) is 14.5. The maximum Gasteiger partial charge on any atom is 0.161 e. The molecular weight excluding hydrogens is 256 g/mol. The molecule has 4 heteroatoms. The van der Waals surface area contributed by atoms with Gasteiger partial charge in [-0.05, 0) is 44.9 Å². The third kappa shape index (κ3) is 3.44. The van der Waals surface area contributed by atoms with E-state index >= 15 is 0 Å². The highest BCUT2D eigenvalue weighted by Crippen LogP contribution is 2.36. The molecule has 112 valence electrons. The Hall–Kier alpha value is -1.26. The lowest BCUT2D eigenvalue weighted by atomic mass is 9.93. The van der Waals surface area contributed by atoms with E-state index in [1.165, 1.54) is 0 Å². The molecule has 0 saturated carbocycles. The minimum atomic E-state index is -0.519. The summed E-state index contributed by atoms with van der Waals surface area (Å²) in [6.45, 7) is 7.69. The standard InChI is InChI=1S/C16H24O4/c1-4-18-14-7-6-12(9-15(14)19-5-2)16(17)13-8-11(3)20-10-13/h6-7,9,11,13,16-17H,4-5,8,10H2,1-3H3. The van der Waals surface area contributed by atoms with Gasteiger partial charge in [0, 0.05) is 5.92 Å². The van der Waals surface area contributed by atoms with Gasteiger partial charge in [-0.2, -0.15) is 0 Å². The van der Waals surface area contributed by atoms with Crippen LogP contribution in [0.2, 0.25) is 0 Å². The van der Waals surface area contributed by atoms with Gasteiger partial charge in [0.25, 0.3) is 0 Å². The van der Waals surface area contributed by atoms with E-state index in [9.17, 15) is 5.11 Å². The Kier molecular flexibility index (Phi) is 5.26. The Morgan fingerprint density at radius 3 is 2.55 bits per heavy atom. The molecule has 0 bridgehead atoms. The summed E-state index contributed by atoms with van der Waals surface area (Å²) < 4.78 is 16.7. The Labute approximate surface area is 120 Å². The largest absolute Gasteiger partial charge is 0.490 e. The van der Waals surface area contributed by atoms with E-state index in [0.29, 0.717) is 25.6 Å². The van der Waals surface area contributed by atoms with Crippen LogP contribution in [0.5, 0.6) is 11.5 Å². The first-order valence-electron chi connectivity index (χ1n) is 7.34. The SMILES string of the molecule is CCOc1ccc(C(O)C2COC(C)C2)cc1OCC. The average molecular weight is 280 g/mol. The van der Waals surface area contributed by atoms with Crippen molar-refractivity contribution < 1.29 is 19.3 Å². The number of aliphatic hydroxyl groups excluding tert-OH is 1. The third-order valence-corrected chi connectivity index (χ3v) is 3.58. The molecule has 3 unspecified atom stereocenters. The van der Waals surface area contributed by atoms with Crippen LogP contribution in [-0.4, -0.2) is 31.0 Å². The Morgan fingerprint density at radius 1 is 1.25 bits per heavy atom. The fourth-order valence-electron chi connectivity index (χ4n) is 2.59. The van der Waals surface area contributed by atoms with Crippen molar-refractivity contribution in [2.24, 2.45) is 5.92 Å². The Bertz CT molecular complexity index is 432. The van der Waals surface area contributed by atoms with Crippen molar-refractivity contribution in [3.8, 4) is 11.5 Å². The van der Waals surface area contributed by atoms with Crippen molar-refractivity contribution in [1.29, 1.82) is 0 Å². The minimum absolute atomic E-state index is 0.150. The van der Waals surface area contributed by atoms with E-state index in [-0.39, 0.29) is 12.0 Å². The molecule has 4 nitrogen and oxygen atoms in total. The summed E-state index contributed by atoms with van der Waals surface area (Å²) in [6.07, 6.45) is 0.594. The van der Waals surface area contributed by atoms with Crippen LogP contribution in [0, 0.1) is 5.92 Å². The van der Waals surface area contributed by atoms with Crippen molar-refractivity contribution in [1.82, 2.24) is 0 Å². The molecule has 1 aliphatic rings. The summed E-state index contributed by atoms with van der Waals surface area (Å²) in [5.41, 5.74) is 0.861. The van der Waals surface area contributed by atoms with Gasteiger partial charge in [-0.1, -0.05) is 6.07 Å². The summed E-state index contributed by atoms with van der Waals surface area (Å²) in [7, 11) is 0. The predicted molar refractivity (Wildman–Crippen MR) is 77.3 cm³/mol. The molecule has 1 aliphatic heterocycles. The molecule has 0 radical (unpaired) electrons. The molecule has 1 aromatic carbocycles. The zero-order valence-electron chi connectivity index (χ0n) is 12.5. The van der Waals surface area contributed by atoms with Gasteiger partial charge in [-0.3, -0.25) is 0 Å². The van der Waals surface area contributed by atoms with Gasteiger partial charge in [0.05, 0.1) is 32.0 Å². The second-order valence-electron chi connectivity index (χ2n) is 5.16. The lowest BCUT2D eigenvalue weighted by molar-refractivity contribution is 0.0802. The number of rotatable bonds is 6. The number of hydrogen-bond donors (Lipinski definition) is 1. The molecule has 1 aromatic rings. The number of benzene rings is 1. The number of aliphatic hydroxyl groups is 1. The first-order chi connectivity index (χ1) is 9.65. The first kappa shape index (κ1) is 15.1. The maximum atomic E-state index is 10.5. The number of ether oxygens (including phenoxy) is 3. The normalized spacial score (nSPS) is 23.6. The molecule has 1 N–H and O–H groups in total. The lowest BCUT2D eigenvalue weighted by Gasteiger charge is -2.19. The van der Waals surface area contributed by atoms with Crippen molar-refractivity contribution in [3.63, 3.8) is 0 Å². The molecule has 0 spiro atoms. The van der Waals surface area contributed by atoms with Crippen molar-refractivity contribution in [3.05, 3.63) is 23.8 Å². The van der Waals surface area contributed by atoms with E-state index in [1.807, 2.05) is 39.0 Å². The van der Waals surface area contributed by atoms with Crippen molar-refractivity contribution in [2.75, 3.05) is 19.8 Å². The highest BCUT2D eigenvalue weighted by molar-refractivity contribution is 5.43. The van der Waals surface area contributed by atoms with Crippen LogP contribution in [0.15, 0.2) is 18.2 Å². The van der Waals surface area contributed by atoms with E-state index < -0.39 is 6.10 Å². The first-order valence-corrected chi connectivity index (χ1v) is 7.34. The van der Waals surface area contributed by atoms with Gasteiger partial charge in [-0.25, -0.2) is 0 Å². The molecule has 3 atom stereocenters. The molecule has 0 aliphatic carbocycles. The molecule has 20 heavy (non-hydrogen) atoms. The van der Waals surface area contributed by atoms with E-state index in [4.69, 9.17) is 14.2 Å². The van der Waals surface area contributed by atoms with Gasteiger partial charge >= 0.3 is 0 Å². The lowest BCUT2D eigenvalue weighted by Crippen LogP contribution is -2.13. The van der Waals surface area contributed by atoms with Crippen LogP contribution in [0.4, 0.5) is 0 Å². The van der Waals surface area contributed by atoms with Crippen LogP contribution < -0.4 is 9.47 Å². The molecule has 1 heterocycles. The zero-order valence-corrected chi connectivity index (χ0v) is 12.5. The predicted octanol–water partition coefficient (Wildman–Crippen LogP) is 2.94. The van der Waals surface area contributed by atoms with Crippen molar-refractivity contribution in [2.45, 2.75) is 39.4 Å². The smallest absolute Gasteiger partial charge is 0.161 e. The van der Waals surface area contributed by atoms with E-state index in [0.717, 1.165) is 17.7 Å². The van der Waals surface area contributed by atoms with Crippen LogP contribution in [0.1, 0.15) is 38.9 Å². The second-order valence-corrected chi connectivity index (χ2v) is 5.16. The molecule has 2 rings (SSSR count). The molecular formula is C16H24O4. The van der Waals surface area contributed by atoms with E-state index in [2.05, 4.69) is 0 Å². The molecule has 0 amide bonds. The monoisotopic (exact) mass is 280 g/mol. The van der Waals surface area contributed by atoms with Crippen LogP contribution >= 0.6 is 0 Å². The molecule has 0 aromatic heterocycles. The summed E-state index contributed by atoms with van der Waals surface area (Å²) in [6, 6.07) is 5.65. The van der Waals surface area contributed by atoms with Gasteiger partial charge < -0.3 is 19.3 Å². The fourth-order valence-corrected chi connectivity index (χ4v) is 2.59. The highest BCUT2D eigenvalue weighted by Gasteiger charge is 2.29. The molecule has 1 fully saturated rings. The number of hydrogen-bond acceptors (Lipinski definition) is 4. The van der Waals surface area contributed by atoms with Crippen LogP contribution in [0.3, 0.4) is 0 Å². The maximum absolute atomic E-state index is 10.5. The van der Waals surface area contributed by atoms with Crippen molar-refractivity contribution >= 4 is 0 Å². The van der Waals surface area contributed by atoms with Crippen LogP contribution in [-0.2, 0) is 4.74 Å². The fraction of sp³-hybridized carbons (Fsp3) is 0.625. The quantitative estimate of drug-likeness (QED) is 0.870. The Morgan fingerprint density at radius 2 is 1.95 bits per heavy atom. The Balaban J connectivity index is 2.16. The van der Waals surface area contributed by atoms with Crippen LogP contribution in [0.25, 0.3) is 0 Å². The van der Waals surface area contributed by atoms with Gasteiger partial charge in [-0.15, -0.1) is 0 Å². The highest BCUT2D eigenvalue weighted by atomic mass is 16.5. The summed E-state index contributed by atoms with van der Waals surface area (Å²) in [4.78, 5) is 0. The summed E-state index contributed by atoms with van der Waals surface area (Å²) in [5, 5.41) is 10.5. The minimum Gasteiger partial charge on any atom is -0.490 e. The van der Waals surface area contributed by atoms with Gasteiger partial charge in [0.15, 0.2) is 11.5 Å². The van der Waals surface area contributed by atoms with E-state index in [1.54, 1.807) is 0 Å². The molecule has 1 saturated heterocycles. The average Bonchev–Trinajstić information content (AvgIpc) is 2.87. The third-order valence-electron chi connectivity index (χ3n) is 3.58. The summed E-state index contributed by atoms with van der Waals surface area (Å²) >= 11 is 0.